The van der Waals surface area contributed by atoms with Gasteiger partial charge in [-0.3, -0.25) is 14.8 Å². The highest BCUT2D eigenvalue weighted by Crippen LogP contribution is 2.26. The maximum Gasteiger partial charge on any atom is 0.178 e. The van der Waals surface area contributed by atoms with Crippen LogP contribution in [0.2, 0.25) is 0 Å². The van der Waals surface area contributed by atoms with Gasteiger partial charge in [0.2, 0.25) is 0 Å². The summed E-state index contributed by atoms with van der Waals surface area (Å²) in [4.78, 5) is 4.39. The largest absolute Gasteiger partial charge is 0.337 e. The molecule has 4 aromatic rings. The molecule has 0 aliphatic rings. The van der Waals surface area contributed by atoms with Gasteiger partial charge in [0.1, 0.15) is 5.52 Å². The number of rotatable bonds is 6. The second-order valence-corrected chi connectivity index (χ2v) is 6.34. The second-order valence-electron chi connectivity index (χ2n) is 6.34. The van der Waals surface area contributed by atoms with Crippen LogP contribution in [-0.4, -0.2) is 25.0 Å². The smallest absolute Gasteiger partial charge is 0.178 e. The fraction of sp³-hybridized carbons (Fsp3) is 0.316. The summed E-state index contributed by atoms with van der Waals surface area (Å²) in [6, 6.07) is 10.2. The summed E-state index contributed by atoms with van der Waals surface area (Å²) >= 11 is 0. The third kappa shape index (κ3) is 2.95. The SMILES string of the molecule is CCCCCn1nc(C)c2cc(Nc3n[nH]c4cccnc34)ccc21. The predicted molar refractivity (Wildman–Crippen MR) is 101 cm³/mol. The maximum atomic E-state index is 4.70. The molecular formula is C19H22N6. The zero-order chi connectivity index (χ0) is 17.2. The minimum Gasteiger partial charge on any atom is -0.337 e. The Morgan fingerprint density at radius 1 is 1.20 bits per heavy atom. The topological polar surface area (TPSA) is 71.4 Å². The first-order valence-electron chi connectivity index (χ1n) is 8.79. The standard InChI is InChI=1S/C19H22N6/c1-3-4-5-11-25-17-9-8-14(12-15(17)13(2)24-25)21-19-18-16(22-23-19)7-6-10-20-18/h6-10,12H,3-5,11H2,1-2H3,(H2,21,22,23). The molecule has 0 saturated carbocycles. The number of aryl methyl sites for hydroxylation is 2. The van der Waals surface area contributed by atoms with Crippen molar-refractivity contribution in [1.82, 2.24) is 25.0 Å². The van der Waals surface area contributed by atoms with E-state index in [9.17, 15) is 0 Å². The molecule has 0 bridgehead atoms. The number of fused-ring (bicyclic) bond motifs is 2. The lowest BCUT2D eigenvalue weighted by atomic mass is 10.2. The van der Waals surface area contributed by atoms with Crippen molar-refractivity contribution in [3.8, 4) is 0 Å². The number of unbranched alkanes of at least 4 members (excludes halogenated alkanes) is 2. The fourth-order valence-electron chi connectivity index (χ4n) is 3.18. The zero-order valence-corrected chi connectivity index (χ0v) is 14.6. The number of aromatic nitrogens is 5. The predicted octanol–water partition coefficient (Wildman–Crippen LogP) is 4.55. The number of H-pyrrole nitrogens is 1. The van der Waals surface area contributed by atoms with E-state index in [1.165, 1.54) is 23.7 Å². The van der Waals surface area contributed by atoms with E-state index in [0.717, 1.165) is 41.2 Å². The average molecular weight is 334 g/mol. The lowest BCUT2D eigenvalue weighted by Gasteiger charge is -2.05. The van der Waals surface area contributed by atoms with Crippen LogP contribution in [0, 0.1) is 6.92 Å². The highest BCUT2D eigenvalue weighted by atomic mass is 15.3. The van der Waals surface area contributed by atoms with Gasteiger partial charge in [0, 0.05) is 23.8 Å². The second kappa shape index (κ2) is 6.55. The summed E-state index contributed by atoms with van der Waals surface area (Å²) in [5.41, 5.74) is 4.99. The minimum absolute atomic E-state index is 0.739. The summed E-state index contributed by atoms with van der Waals surface area (Å²) in [5.74, 6) is 0.739. The van der Waals surface area contributed by atoms with Gasteiger partial charge in [-0.1, -0.05) is 19.8 Å². The average Bonchev–Trinajstić information content (AvgIpc) is 3.17. The van der Waals surface area contributed by atoms with Crippen molar-refractivity contribution in [2.24, 2.45) is 0 Å². The van der Waals surface area contributed by atoms with Gasteiger partial charge in [-0.25, -0.2) is 0 Å². The van der Waals surface area contributed by atoms with Gasteiger partial charge in [-0.05, 0) is 43.7 Å². The highest BCUT2D eigenvalue weighted by Gasteiger charge is 2.10. The molecule has 0 radical (unpaired) electrons. The number of anilines is 2. The lowest BCUT2D eigenvalue weighted by molar-refractivity contribution is 0.564. The number of aromatic amines is 1. The van der Waals surface area contributed by atoms with Crippen molar-refractivity contribution in [3.63, 3.8) is 0 Å². The first-order valence-corrected chi connectivity index (χ1v) is 8.79. The number of pyridine rings is 1. The van der Waals surface area contributed by atoms with Crippen LogP contribution >= 0.6 is 0 Å². The summed E-state index contributed by atoms with van der Waals surface area (Å²) in [7, 11) is 0. The molecule has 128 valence electrons. The van der Waals surface area contributed by atoms with E-state index in [4.69, 9.17) is 5.10 Å². The van der Waals surface area contributed by atoms with E-state index in [-0.39, 0.29) is 0 Å². The highest BCUT2D eigenvalue weighted by molar-refractivity contribution is 5.90. The Morgan fingerprint density at radius 2 is 2.12 bits per heavy atom. The van der Waals surface area contributed by atoms with E-state index in [0.29, 0.717) is 0 Å². The van der Waals surface area contributed by atoms with Gasteiger partial charge in [0.15, 0.2) is 5.82 Å². The summed E-state index contributed by atoms with van der Waals surface area (Å²) in [6.07, 6.45) is 5.39. The van der Waals surface area contributed by atoms with Crippen LogP contribution in [0.25, 0.3) is 21.9 Å². The molecule has 0 amide bonds. The van der Waals surface area contributed by atoms with Crippen LogP contribution in [0.15, 0.2) is 36.5 Å². The van der Waals surface area contributed by atoms with Crippen molar-refractivity contribution in [2.75, 3.05) is 5.32 Å². The van der Waals surface area contributed by atoms with Crippen molar-refractivity contribution in [2.45, 2.75) is 39.7 Å². The zero-order valence-electron chi connectivity index (χ0n) is 14.6. The lowest BCUT2D eigenvalue weighted by Crippen LogP contribution is -2.00. The molecule has 3 heterocycles. The van der Waals surface area contributed by atoms with Crippen molar-refractivity contribution in [3.05, 3.63) is 42.2 Å². The molecule has 25 heavy (non-hydrogen) atoms. The molecule has 0 saturated heterocycles. The van der Waals surface area contributed by atoms with Crippen molar-refractivity contribution < 1.29 is 0 Å². The molecule has 1 aromatic carbocycles. The summed E-state index contributed by atoms with van der Waals surface area (Å²) < 4.78 is 2.12. The molecule has 0 unspecified atom stereocenters. The van der Waals surface area contributed by atoms with Crippen LogP contribution in [-0.2, 0) is 6.54 Å². The molecule has 6 nitrogen and oxygen atoms in total. The molecule has 4 rings (SSSR count). The third-order valence-electron chi connectivity index (χ3n) is 4.49. The van der Waals surface area contributed by atoms with Gasteiger partial charge in [0.25, 0.3) is 0 Å². The number of nitrogens with zero attached hydrogens (tertiary/aromatic N) is 4. The van der Waals surface area contributed by atoms with E-state index in [1.54, 1.807) is 6.20 Å². The van der Waals surface area contributed by atoms with Crippen molar-refractivity contribution >= 4 is 33.4 Å². The van der Waals surface area contributed by atoms with Gasteiger partial charge in [-0.15, -0.1) is 0 Å². The molecular weight excluding hydrogens is 312 g/mol. The van der Waals surface area contributed by atoms with Gasteiger partial charge in [-0.2, -0.15) is 10.2 Å². The minimum atomic E-state index is 0.739. The number of hydrogen-bond donors (Lipinski definition) is 2. The molecule has 0 spiro atoms. The maximum absolute atomic E-state index is 4.70. The van der Waals surface area contributed by atoms with E-state index < -0.39 is 0 Å². The van der Waals surface area contributed by atoms with E-state index in [2.05, 4.69) is 57.2 Å². The molecule has 2 N–H and O–H groups in total. The van der Waals surface area contributed by atoms with Gasteiger partial charge in [0.05, 0.1) is 16.7 Å². The normalized spacial score (nSPS) is 11.4. The summed E-state index contributed by atoms with van der Waals surface area (Å²) in [5, 5.41) is 16.6. The molecule has 0 fully saturated rings. The van der Waals surface area contributed by atoms with Crippen LogP contribution < -0.4 is 5.32 Å². The molecule has 0 atom stereocenters. The van der Waals surface area contributed by atoms with Crippen molar-refractivity contribution in [1.29, 1.82) is 0 Å². The Morgan fingerprint density at radius 3 is 3.00 bits per heavy atom. The Balaban J connectivity index is 1.64. The Kier molecular flexibility index (Phi) is 4.09. The molecule has 6 heteroatoms. The van der Waals surface area contributed by atoms with E-state index >= 15 is 0 Å². The van der Waals surface area contributed by atoms with Crippen LogP contribution in [0.1, 0.15) is 31.9 Å². The van der Waals surface area contributed by atoms with E-state index in [1.807, 2.05) is 12.1 Å². The number of hydrogen-bond acceptors (Lipinski definition) is 4. The molecule has 0 aliphatic heterocycles. The van der Waals surface area contributed by atoms with Gasteiger partial charge < -0.3 is 5.32 Å². The third-order valence-corrected chi connectivity index (χ3v) is 4.49. The Hall–Kier alpha value is -2.89. The number of nitrogens with one attached hydrogen (secondary N) is 2. The number of benzene rings is 1. The first kappa shape index (κ1) is 15.6. The van der Waals surface area contributed by atoms with Crippen LogP contribution in [0.4, 0.5) is 11.5 Å². The summed E-state index contributed by atoms with van der Waals surface area (Å²) in [6.45, 7) is 5.25. The Bertz CT molecular complexity index is 1010. The van der Waals surface area contributed by atoms with Crippen LogP contribution in [0.3, 0.4) is 0 Å². The quantitative estimate of drug-likeness (QED) is 0.507. The van der Waals surface area contributed by atoms with Gasteiger partial charge >= 0.3 is 0 Å². The molecule has 0 aliphatic carbocycles. The van der Waals surface area contributed by atoms with Crippen LogP contribution in [0.5, 0.6) is 0 Å². The monoisotopic (exact) mass is 334 g/mol. The Labute approximate surface area is 146 Å². The fourth-order valence-corrected chi connectivity index (χ4v) is 3.18. The molecule has 3 aromatic heterocycles. The first-order chi connectivity index (χ1) is 12.3.